The summed E-state index contributed by atoms with van der Waals surface area (Å²) in [4.78, 5) is 24.4. The van der Waals surface area contributed by atoms with E-state index in [1.165, 1.54) is 6.20 Å². The zero-order valence-corrected chi connectivity index (χ0v) is 13.8. The number of aromatic nitrogens is 3. The number of hydrogen-bond acceptors (Lipinski definition) is 6. The normalized spacial score (nSPS) is 10.7. The number of nitrogens with two attached hydrogens (primary N) is 2. The molecule has 3 aromatic rings. The van der Waals surface area contributed by atoms with E-state index in [0.717, 1.165) is 11.3 Å². The minimum absolute atomic E-state index is 0.115. The molecule has 0 aliphatic carbocycles. The molecule has 9 heteroatoms. The molecule has 0 fully saturated rings. The third kappa shape index (κ3) is 3.12. The first kappa shape index (κ1) is 15.7. The van der Waals surface area contributed by atoms with Crippen LogP contribution in [-0.2, 0) is 0 Å². The molecule has 0 atom stereocenters. The highest BCUT2D eigenvalue weighted by Crippen LogP contribution is 2.37. The van der Waals surface area contributed by atoms with E-state index in [1.54, 1.807) is 24.3 Å². The number of benzene rings is 1. The standard InChI is InChI=1S/C14H9Cl2N5OS/c15-6-1-2-7(8(16)5-6)10-11(12(17)22)23-13(21-10)9-3-4-19-14(18)20-9/h1-5H,(H2,17,22)(H2,18,19,20). The highest BCUT2D eigenvalue weighted by molar-refractivity contribution is 7.17. The molecule has 3 rings (SSSR count). The van der Waals surface area contributed by atoms with Gasteiger partial charge in [-0.1, -0.05) is 23.2 Å². The van der Waals surface area contributed by atoms with Crippen LogP contribution in [0.2, 0.25) is 10.0 Å². The van der Waals surface area contributed by atoms with Crippen LogP contribution in [0, 0.1) is 0 Å². The summed E-state index contributed by atoms with van der Waals surface area (Å²) in [5.74, 6) is -0.485. The van der Waals surface area contributed by atoms with Gasteiger partial charge in [0.05, 0.1) is 10.7 Å². The van der Waals surface area contributed by atoms with Gasteiger partial charge in [0, 0.05) is 16.8 Å². The fourth-order valence-electron chi connectivity index (χ4n) is 1.95. The Bertz CT molecular complexity index is 912. The molecule has 0 aliphatic heterocycles. The van der Waals surface area contributed by atoms with Crippen molar-refractivity contribution in [1.29, 1.82) is 0 Å². The first-order chi connectivity index (χ1) is 11.0. The minimum atomic E-state index is -0.600. The zero-order valence-electron chi connectivity index (χ0n) is 11.5. The van der Waals surface area contributed by atoms with Crippen LogP contribution in [0.3, 0.4) is 0 Å². The van der Waals surface area contributed by atoms with Gasteiger partial charge in [0.15, 0.2) is 0 Å². The number of amides is 1. The molecule has 0 spiro atoms. The second kappa shape index (κ2) is 6.11. The van der Waals surface area contributed by atoms with Gasteiger partial charge in [0.25, 0.3) is 5.91 Å². The van der Waals surface area contributed by atoms with E-state index >= 15 is 0 Å². The van der Waals surface area contributed by atoms with E-state index < -0.39 is 5.91 Å². The second-order valence-corrected chi connectivity index (χ2v) is 6.33. The monoisotopic (exact) mass is 365 g/mol. The first-order valence-corrected chi connectivity index (χ1v) is 7.88. The van der Waals surface area contributed by atoms with Gasteiger partial charge >= 0.3 is 0 Å². The van der Waals surface area contributed by atoms with Crippen molar-refractivity contribution in [2.75, 3.05) is 5.73 Å². The molecule has 0 saturated heterocycles. The average Bonchev–Trinajstić information content (AvgIpc) is 2.92. The summed E-state index contributed by atoms with van der Waals surface area (Å²) in [6.45, 7) is 0. The highest BCUT2D eigenvalue weighted by atomic mass is 35.5. The van der Waals surface area contributed by atoms with E-state index in [0.29, 0.717) is 32.0 Å². The van der Waals surface area contributed by atoms with Crippen LogP contribution in [-0.4, -0.2) is 20.9 Å². The Morgan fingerprint density at radius 2 is 1.96 bits per heavy atom. The molecule has 4 N–H and O–H groups in total. The Hall–Kier alpha value is -2.22. The Labute approximate surface area is 145 Å². The molecule has 2 heterocycles. The first-order valence-electron chi connectivity index (χ1n) is 6.30. The van der Waals surface area contributed by atoms with Crippen LogP contribution >= 0.6 is 34.5 Å². The van der Waals surface area contributed by atoms with E-state index in [4.69, 9.17) is 34.7 Å². The van der Waals surface area contributed by atoms with Crippen molar-refractivity contribution < 1.29 is 4.79 Å². The summed E-state index contributed by atoms with van der Waals surface area (Å²) >= 11 is 13.2. The Morgan fingerprint density at radius 1 is 1.17 bits per heavy atom. The molecule has 1 aromatic carbocycles. The predicted molar refractivity (Wildman–Crippen MR) is 91.5 cm³/mol. The van der Waals surface area contributed by atoms with Gasteiger partial charge in [-0.05, 0) is 24.3 Å². The fraction of sp³-hybridized carbons (Fsp3) is 0. The van der Waals surface area contributed by atoms with Crippen molar-refractivity contribution in [3.8, 4) is 22.0 Å². The molecule has 0 unspecified atom stereocenters. The molecular weight excluding hydrogens is 357 g/mol. The van der Waals surface area contributed by atoms with Gasteiger partial charge in [-0.2, -0.15) is 0 Å². The van der Waals surface area contributed by atoms with Gasteiger partial charge in [-0.25, -0.2) is 15.0 Å². The molecule has 0 saturated carbocycles. The van der Waals surface area contributed by atoms with Gasteiger partial charge < -0.3 is 11.5 Å². The van der Waals surface area contributed by atoms with E-state index in [9.17, 15) is 4.79 Å². The van der Waals surface area contributed by atoms with Gasteiger partial charge in [0.1, 0.15) is 15.6 Å². The smallest absolute Gasteiger partial charge is 0.261 e. The van der Waals surface area contributed by atoms with Crippen LogP contribution < -0.4 is 11.5 Å². The molecule has 0 bridgehead atoms. The number of thiazole rings is 1. The number of hydrogen-bond donors (Lipinski definition) is 2. The van der Waals surface area contributed by atoms with Crippen LogP contribution in [0.4, 0.5) is 5.95 Å². The van der Waals surface area contributed by atoms with Gasteiger partial charge in [-0.3, -0.25) is 4.79 Å². The van der Waals surface area contributed by atoms with E-state index in [2.05, 4.69) is 15.0 Å². The molecule has 0 radical (unpaired) electrons. The summed E-state index contributed by atoms with van der Waals surface area (Å²) in [7, 11) is 0. The zero-order chi connectivity index (χ0) is 16.6. The topological polar surface area (TPSA) is 108 Å². The summed E-state index contributed by atoms with van der Waals surface area (Å²) in [6, 6.07) is 6.57. The largest absolute Gasteiger partial charge is 0.368 e. The fourth-order valence-corrected chi connectivity index (χ4v) is 3.35. The SMILES string of the molecule is NC(=O)c1sc(-c2ccnc(N)n2)nc1-c1ccc(Cl)cc1Cl. The van der Waals surface area contributed by atoms with Gasteiger partial charge in [-0.15, -0.1) is 11.3 Å². The number of halogens is 2. The van der Waals surface area contributed by atoms with Crippen molar-refractivity contribution in [2.24, 2.45) is 5.73 Å². The number of nitrogens with zero attached hydrogens (tertiary/aromatic N) is 3. The summed E-state index contributed by atoms with van der Waals surface area (Å²) in [6.07, 6.45) is 1.51. The lowest BCUT2D eigenvalue weighted by Crippen LogP contribution is -2.10. The lowest BCUT2D eigenvalue weighted by Gasteiger charge is -2.03. The lowest BCUT2D eigenvalue weighted by atomic mass is 10.1. The number of anilines is 1. The molecule has 6 nitrogen and oxygen atoms in total. The van der Waals surface area contributed by atoms with Crippen molar-refractivity contribution in [3.63, 3.8) is 0 Å². The molecule has 2 aromatic heterocycles. The third-order valence-electron chi connectivity index (χ3n) is 2.93. The Morgan fingerprint density at radius 3 is 2.61 bits per heavy atom. The quantitative estimate of drug-likeness (QED) is 0.740. The summed E-state index contributed by atoms with van der Waals surface area (Å²) in [5, 5.41) is 1.35. The van der Waals surface area contributed by atoms with E-state index in [1.807, 2.05) is 0 Å². The van der Waals surface area contributed by atoms with Crippen LogP contribution in [0.5, 0.6) is 0 Å². The molecule has 23 heavy (non-hydrogen) atoms. The third-order valence-corrected chi connectivity index (χ3v) is 4.57. The van der Waals surface area contributed by atoms with Crippen LogP contribution in [0.1, 0.15) is 9.67 Å². The second-order valence-electron chi connectivity index (χ2n) is 4.49. The van der Waals surface area contributed by atoms with Crippen LogP contribution in [0.25, 0.3) is 22.0 Å². The molecule has 116 valence electrons. The molecule has 1 amide bonds. The predicted octanol–water partition coefficient (Wildman–Crippen LogP) is 3.26. The molecule has 0 aliphatic rings. The Balaban J connectivity index is 2.19. The molecular formula is C14H9Cl2N5OS. The van der Waals surface area contributed by atoms with E-state index in [-0.39, 0.29) is 10.8 Å². The van der Waals surface area contributed by atoms with Crippen LogP contribution in [0.15, 0.2) is 30.5 Å². The highest BCUT2D eigenvalue weighted by Gasteiger charge is 2.21. The maximum atomic E-state index is 11.8. The maximum Gasteiger partial charge on any atom is 0.261 e. The number of rotatable bonds is 3. The summed E-state index contributed by atoms with van der Waals surface area (Å²) in [5.41, 5.74) is 12.5. The minimum Gasteiger partial charge on any atom is -0.368 e. The number of nitrogen functional groups attached to an aromatic ring is 1. The van der Waals surface area contributed by atoms with Crippen molar-refractivity contribution >= 4 is 46.4 Å². The number of carbonyl (C=O) groups is 1. The maximum absolute atomic E-state index is 11.8. The summed E-state index contributed by atoms with van der Waals surface area (Å²) < 4.78 is 0. The van der Waals surface area contributed by atoms with Crippen molar-refractivity contribution in [2.45, 2.75) is 0 Å². The van der Waals surface area contributed by atoms with Gasteiger partial charge in [0.2, 0.25) is 5.95 Å². The average molecular weight is 366 g/mol. The number of carbonyl (C=O) groups excluding carboxylic acids is 1. The van der Waals surface area contributed by atoms with Crippen molar-refractivity contribution in [1.82, 2.24) is 15.0 Å². The Kier molecular flexibility index (Phi) is 4.16. The lowest BCUT2D eigenvalue weighted by molar-refractivity contribution is 0.100. The van der Waals surface area contributed by atoms with Crippen molar-refractivity contribution in [3.05, 3.63) is 45.4 Å². The number of primary amides is 1.